The molecule has 0 saturated heterocycles. The second-order valence-electron chi connectivity index (χ2n) is 7.93. The van der Waals surface area contributed by atoms with Crippen LogP contribution in [0.2, 0.25) is 0 Å². The van der Waals surface area contributed by atoms with E-state index < -0.39 is 7.82 Å². The highest BCUT2D eigenvalue weighted by molar-refractivity contribution is 7.45. The molecule has 2 unspecified atom stereocenters. The van der Waals surface area contributed by atoms with Gasteiger partial charge in [0.25, 0.3) is 7.82 Å². The molecule has 0 amide bonds. The molecule has 26 heavy (non-hydrogen) atoms. The zero-order valence-corrected chi connectivity index (χ0v) is 18.6. The summed E-state index contributed by atoms with van der Waals surface area (Å²) in [6.07, 6.45) is 10.6. The molecule has 0 rings (SSSR count). The molecule has 0 spiro atoms. The fourth-order valence-corrected chi connectivity index (χ4v) is 3.32. The first-order chi connectivity index (χ1) is 12.2. The lowest BCUT2D eigenvalue weighted by Crippen LogP contribution is -2.37. The van der Waals surface area contributed by atoms with Gasteiger partial charge in [-0.1, -0.05) is 58.3 Å². The second-order valence-corrected chi connectivity index (χ2v) is 9.34. The van der Waals surface area contributed by atoms with Gasteiger partial charge in [-0.15, -0.1) is 0 Å². The van der Waals surface area contributed by atoms with Crippen molar-refractivity contribution in [1.29, 1.82) is 0 Å². The maximum absolute atomic E-state index is 11.8. The van der Waals surface area contributed by atoms with E-state index >= 15 is 0 Å². The molecule has 0 aliphatic rings. The van der Waals surface area contributed by atoms with Gasteiger partial charge in [-0.3, -0.25) is 4.57 Å². The predicted molar refractivity (Wildman–Crippen MR) is 105 cm³/mol. The highest BCUT2D eigenvalue weighted by Crippen LogP contribution is 2.38. The third-order valence-electron chi connectivity index (χ3n) is 4.21. The Balaban J connectivity index is 3.94. The van der Waals surface area contributed by atoms with Gasteiger partial charge in [0.05, 0.1) is 33.9 Å². The fraction of sp³-hybridized carbons (Fsp3) is 1.00. The summed E-state index contributed by atoms with van der Waals surface area (Å²) in [5.74, 6) is 0. The molecule has 0 aromatic rings. The van der Waals surface area contributed by atoms with Crippen molar-refractivity contribution in [3.05, 3.63) is 0 Å². The van der Waals surface area contributed by atoms with Crippen LogP contribution < -0.4 is 4.89 Å². The van der Waals surface area contributed by atoms with E-state index in [0.717, 1.165) is 19.3 Å². The summed E-state index contributed by atoms with van der Waals surface area (Å²) in [6.45, 7) is 5.46. The van der Waals surface area contributed by atoms with Gasteiger partial charge in [0.2, 0.25) is 0 Å². The van der Waals surface area contributed by atoms with Crippen LogP contribution in [-0.4, -0.2) is 58.1 Å². The summed E-state index contributed by atoms with van der Waals surface area (Å²) in [5, 5.41) is 0. The van der Waals surface area contributed by atoms with E-state index in [2.05, 4.69) is 6.92 Å². The molecular formula is C19H42NO5P. The van der Waals surface area contributed by atoms with Crippen molar-refractivity contribution in [1.82, 2.24) is 0 Å². The lowest BCUT2D eigenvalue weighted by molar-refractivity contribution is -0.870. The normalized spacial score (nSPS) is 15.8. The van der Waals surface area contributed by atoms with E-state index in [1.807, 2.05) is 28.1 Å². The Morgan fingerprint density at radius 2 is 1.50 bits per heavy atom. The predicted octanol–water partition coefficient (Wildman–Crippen LogP) is 4.13. The first-order valence-electron chi connectivity index (χ1n) is 10.2. The van der Waals surface area contributed by atoms with Gasteiger partial charge in [-0.25, -0.2) is 0 Å². The van der Waals surface area contributed by atoms with Crippen LogP contribution >= 0.6 is 7.82 Å². The van der Waals surface area contributed by atoms with E-state index in [9.17, 15) is 9.46 Å². The number of quaternary nitrogens is 1. The van der Waals surface area contributed by atoms with Gasteiger partial charge in [-0.2, -0.15) is 0 Å². The van der Waals surface area contributed by atoms with Crippen molar-refractivity contribution in [3.63, 3.8) is 0 Å². The topological polar surface area (TPSA) is 67.8 Å². The molecule has 0 fully saturated rings. The van der Waals surface area contributed by atoms with Gasteiger partial charge >= 0.3 is 0 Å². The summed E-state index contributed by atoms with van der Waals surface area (Å²) in [4.78, 5) is 11.8. The lowest BCUT2D eigenvalue weighted by Gasteiger charge is -2.28. The summed E-state index contributed by atoms with van der Waals surface area (Å²) in [7, 11) is 1.69. The van der Waals surface area contributed by atoms with E-state index in [-0.39, 0.29) is 19.3 Å². The average molecular weight is 396 g/mol. The Morgan fingerprint density at radius 3 is 2.04 bits per heavy atom. The van der Waals surface area contributed by atoms with E-state index in [1.54, 1.807) is 0 Å². The highest BCUT2D eigenvalue weighted by Gasteiger charge is 2.17. The molecule has 0 N–H and O–H groups in total. The molecule has 2 atom stereocenters. The molecule has 0 aromatic heterocycles. The van der Waals surface area contributed by atoms with Crippen LogP contribution in [0.5, 0.6) is 0 Å². The van der Waals surface area contributed by atoms with Gasteiger partial charge in [-0.05, 0) is 13.3 Å². The number of phosphoric acid groups is 1. The van der Waals surface area contributed by atoms with Crippen LogP contribution in [0, 0.1) is 0 Å². The first kappa shape index (κ1) is 26.0. The molecule has 0 heterocycles. The Hall–Kier alpha value is 0.0300. The number of phosphoric ester groups is 1. The number of ether oxygens (including phenoxy) is 1. The minimum Gasteiger partial charge on any atom is -0.756 e. The Morgan fingerprint density at radius 1 is 0.923 bits per heavy atom. The van der Waals surface area contributed by atoms with Gasteiger partial charge in [0.1, 0.15) is 13.2 Å². The summed E-state index contributed by atoms with van der Waals surface area (Å²) >= 11 is 0. The molecule has 0 bridgehead atoms. The maximum Gasteiger partial charge on any atom is 0.268 e. The average Bonchev–Trinajstić information content (AvgIpc) is 2.53. The second kappa shape index (κ2) is 15.0. The highest BCUT2D eigenvalue weighted by atomic mass is 31.2. The van der Waals surface area contributed by atoms with Crippen molar-refractivity contribution >= 4 is 7.82 Å². The van der Waals surface area contributed by atoms with E-state index in [1.165, 1.54) is 38.5 Å². The van der Waals surface area contributed by atoms with Crippen molar-refractivity contribution in [2.24, 2.45) is 0 Å². The Kier molecular flexibility index (Phi) is 15.0. The zero-order valence-electron chi connectivity index (χ0n) is 17.7. The number of hydrogen-bond donors (Lipinski definition) is 0. The fourth-order valence-electron chi connectivity index (χ4n) is 2.59. The number of unbranched alkanes of at least 4 members (excludes halogenated alkanes) is 7. The molecule has 0 aliphatic carbocycles. The molecule has 6 nitrogen and oxygen atoms in total. The first-order valence-corrected chi connectivity index (χ1v) is 11.7. The van der Waals surface area contributed by atoms with Crippen molar-refractivity contribution < 1.29 is 27.7 Å². The quantitative estimate of drug-likeness (QED) is 0.198. The number of likely N-dealkylation sites (N-methyl/N-ethyl adjacent to an activating group) is 1. The zero-order chi connectivity index (χ0) is 19.9. The molecule has 0 radical (unpaired) electrons. The third kappa shape index (κ3) is 17.4. The number of rotatable bonds is 18. The lowest BCUT2D eigenvalue weighted by atomic mass is 10.1. The Labute approximate surface area is 161 Å². The van der Waals surface area contributed by atoms with E-state index in [4.69, 9.17) is 13.8 Å². The smallest absolute Gasteiger partial charge is 0.268 e. The van der Waals surface area contributed by atoms with E-state index in [0.29, 0.717) is 17.6 Å². The van der Waals surface area contributed by atoms with Crippen LogP contribution in [0.4, 0.5) is 0 Å². The largest absolute Gasteiger partial charge is 0.756 e. The van der Waals surface area contributed by atoms with Gasteiger partial charge in [0.15, 0.2) is 0 Å². The van der Waals surface area contributed by atoms with Crippen molar-refractivity contribution in [3.8, 4) is 0 Å². The summed E-state index contributed by atoms with van der Waals surface area (Å²) in [6, 6.07) is 0. The molecule has 158 valence electrons. The van der Waals surface area contributed by atoms with Gasteiger partial charge < -0.3 is 23.2 Å². The monoisotopic (exact) mass is 395 g/mol. The van der Waals surface area contributed by atoms with Crippen LogP contribution in [-0.2, 0) is 18.3 Å². The van der Waals surface area contributed by atoms with Crippen molar-refractivity contribution in [2.75, 3.05) is 47.5 Å². The van der Waals surface area contributed by atoms with Crippen LogP contribution in [0.1, 0.15) is 71.6 Å². The minimum atomic E-state index is -4.26. The van der Waals surface area contributed by atoms with Crippen molar-refractivity contribution in [2.45, 2.75) is 77.7 Å². The molecular weight excluding hydrogens is 353 g/mol. The maximum atomic E-state index is 11.8. The summed E-state index contributed by atoms with van der Waals surface area (Å²) in [5.41, 5.74) is 0. The summed E-state index contributed by atoms with van der Waals surface area (Å²) < 4.78 is 28.1. The SMILES string of the molecule is CCCCCCCCCCC(COP(=O)([O-])OCC[N+](C)(C)C)OCC. The Bertz CT molecular complexity index is 373. The van der Waals surface area contributed by atoms with Crippen LogP contribution in [0.15, 0.2) is 0 Å². The molecule has 0 saturated carbocycles. The molecule has 0 aliphatic heterocycles. The number of hydrogen-bond acceptors (Lipinski definition) is 5. The molecule has 7 heteroatoms. The standard InChI is InChI=1S/C19H42NO5P/c1-6-8-9-10-11-12-13-14-15-19(23-7-2)18-25-26(21,22)24-17-16-20(3,4)5/h19H,6-18H2,1-5H3. The van der Waals surface area contributed by atoms with Crippen LogP contribution in [0.3, 0.4) is 0 Å². The number of nitrogens with zero attached hydrogens (tertiary/aromatic N) is 1. The molecule has 0 aromatic carbocycles. The van der Waals surface area contributed by atoms with Gasteiger partial charge in [0, 0.05) is 6.61 Å². The minimum absolute atomic E-state index is 0.0372. The van der Waals surface area contributed by atoms with Crippen LogP contribution in [0.25, 0.3) is 0 Å². The third-order valence-corrected chi connectivity index (χ3v) is 5.18.